The smallest absolute Gasteiger partial charge is 0.233 e. The van der Waals surface area contributed by atoms with Crippen molar-refractivity contribution in [2.45, 2.75) is 26.4 Å². The van der Waals surface area contributed by atoms with Gasteiger partial charge in [-0.2, -0.15) is 0 Å². The van der Waals surface area contributed by atoms with Gasteiger partial charge in [-0.25, -0.2) is 13.4 Å². The van der Waals surface area contributed by atoms with Crippen molar-refractivity contribution in [3.8, 4) is 0 Å². The maximum atomic E-state index is 11.5. The van der Waals surface area contributed by atoms with Gasteiger partial charge in [-0.15, -0.1) is 0 Å². The lowest BCUT2D eigenvalue weighted by Crippen LogP contribution is -2.17. The predicted molar refractivity (Wildman–Crippen MR) is 62.5 cm³/mol. The number of nitrogens with zero attached hydrogens (tertiary/aromatic N) is 1. The Kier molecular flexibility index (Phi) is 4.70. The molecule has 6 heteroatoms. The second kappa shape index (κ2) is 5.81. The van der Waals surface area contributed by atoms with Crippen LogP contribution in [0.1, 0.15) is 25.5 Å². The number of rotatable bonds is 6. The molecule has 0 atom stereocenters. The lowest BCUT2D eigenvalue weighted by atomic mass is 10.3. The Balaban J connectivity index is 2.72. The maximum Gasteiger partial charge on any atom is 0.233 e. The Morgan fingerprint density at radius 3 is 2.81 bits per heavy atom. The molecule has 0 saturated heterocycles. The summed E-state index contributed by atoms with van der Waals surface area (Å²) in [6.07, 6.45) is 1.44. The molecule has 0 bridgehead atoms. The van der Waals surface area contributed by atoms with Crippen molar-refractivity contribution in [2.24, 2.45) is 0 Å². The minimum absolute atomic E-state index is 0.0918. The van der Waals surface area contributed by atoms with E-state index in [0.29, 0.717) is 12.1 Å². The van der Waals surface area contributed by atoms with Gasteiger partial charge in [-0.3, -0.25) is 4.72 Å². The van der Waals surface area contributed by atoms with Crippen LogP contribution in [0.3, 0.4) is 0 Å². The first-order chi connectivity index (χ1) is 7.57. The number of hydrogen-bond donors (Lipinski definition) is 2. The first-order valence-corrected chi connectivity index (χ1v) is 6.80. The molecule has 0 fully saturated rings. The van der Waals surface area contributed by atoms with Crippen LogP contribution in [0, 0.1) is 0 Å². The molecule has 0 spiro atoms. The molecule has 0 aromatic carbocycles. The monoisotopic (exact) mass is 244 g/mol. The molecule has 1 aromatic rings. The Morgan fingerprint density at radius 2 is 2.19 bits per heavy atom. The minimum Gasteiger partial charge on any atom is -0.390 e. The van der Waals surface area contributed by atoms with Gasteiger partial charge in [0, 0.05) is 0 Å². The van der Waals surface area contributed by atoms with E-state index in [0.717, 1.165) is 6.42 Å². The van der Waals surface area contributed by atoms with E-state index in [1.807, 2.05) is 6.92 Å². The van der Waals surface area contributed by atoms with E-state index in [-0.39, 0.29) is 18.2 Å². The average Bonchev–Trinajstić information content (AvgIpc) is 2.26. The highest BCUT2D eigenvalue weighted by Crippen LogP contribution is 2.08. The second-order valence-electron chi connectivity index (χ2n) is 3.45. The van der Waals surface area contributed by atoms with E-state index in [1.54, 1.807) is 18.2 Å². The van der Waals surface area contributed by atoms with Crippen LogP contribution >= 0.6 is 0 Å². The number of unbranched alkanes of at least 4 members (excludes halogenated alkanes) is 1. The molecule has 0 amide bonds. The van der Waals surface area contributed by atoms with Gasteiger partial charge in [0.25, 0.3) is 0 Å². The summed E-state index contributed by atoms with van der Waals surface area (Å²) in [6, 6.07) is 4.84. The van der Waals surface area contributed by atoms with Crippen molar-refractivity contribution in [1.82, 2.24) is 4.98 Å². The van der Waals surface area contributed by atoms with Crippen LogP contribution in [0.15, 0.2) is 18.2 Å². The largest absolute Gasteiger partial charge is 0.390 e. The highest BCUT2D eigenvalue weighted by atomic mass is 32.2. The zero-order valence-corrected chi connectivity index (χ0v) is 10.00. The van der Waals surface area contributed by atoms with E-state index in [1.165, 1.54) is 0 Å². The average molecular weight is 244 g/mol. The number of hydrogen-bond acceptors (Lipinski definition) is 4. The fourth-order valence-electron chi connectivity index (χ4n) is 1.17. The van der Waals surface area contributed by atoms with Crippen LogP contribution in [0.2, 0.25) is 0 Å². The van der Waals surface area contributed by atoms with Gasteiger partial charge in [0.1, 0.15) is 5.82 Å². The minimum atomic E-state index is -3.32. The molecule has 90 valence electrons. The summed E-state index contributed by atoms with van der Waals surface area (Å²) in [7, 11) is -3.32. The number of nitrogens with one attached hydrogen (secondary N) is 1. The fraction of sp³-hybridized carbons (Fsp3) is 0.500. The molecule has 0 saturated carbocycles. The van der Waals surface area contributed by atoms with E-state index >= 15 is 0 Å². The lowest BCUT2D eigenvalue weighted by Gasteiger charge is -2.07. The van der Waals surface area contributed by atoms with Gasteiger partial charge in [-0.1, -0.05) is 19.4 Å². The number of aliphatic hydroxyl groups excluding tert-OH is 1. The molecular weight excluding hydrogens is 228 g/mol. The summed E-state index contributed by atoms with van der Waals surface area (Å²) in [5, 5.41) is 8.86. The highest BCUT2D eigenvalue weighted by Gasteiger charge is 2.10. The standard InChI is InChI=1S/C10H16N2O3S/c1-2-3-7-16(14,15)12-10-6-4-5-9(8-13)11-10/h4-6,13H,2-3,7-8H2,1H3,(H,11,12). The van der Waals surface area contributed by atoms with Crippen LogP contribution in [0.5, 0.6) is 0 Å². The van der Waals surface area contributed by atoms with Gasteiger partial charge in [-0.05, 0) is 18.6 Å². The lowest BCUT2D eigenvalue weighted by molar-refractivity contribution is 0.277. The number of aromatic nitrogens is 1. The summed E-state index contributed by atoms with van der Waals surface area (Å²) < 4.78 is 25.5. The number of aliphatic hydroxyl groups is 1. The third-order valence-electron chi connectivity index (χ3n) is 2.00. The third-order valence-corrected chi connectivity index (χ3v) is 3.34. The molecule has 1 rings (SSSR count). The van der Waals surface area contributed by atoms with Gasteiger partial charge in [0.15, 0.2) is 0 Å². The predicted octanol–water partition coefficient (Wildman–Crippen LogP) is 1.12. The summed E-state index contributed by atoms with van der Waals surface area (Å²) in [6.45, 7) is 1.73. The van der Waals surface area contributed by atoms with E-state index in [2.05, 4.69) is 9.71 Å². The molecule has 1 aromatic heterocycles. The summed E-state index contributed by atoms with van der Waals surface area (Å²) >= 11 is 0. The number of anilines is 1. The second-order valence-corrected chi connectivity index (χ2v) is 5.29. The van der Waals surface area contributed by atoms with Crippen LogP contribution in [0.4, 0.5) is 5.82 Å². The van der Waals surface area contributed by atoms with Crippen LogP contribution in [-0.2, 0) is 16.6 Å². The normalized spacial score (nSPS) is 11.4. The van der Waals surface area contributed by atoms with Crippen LogP contribution in [0.25, 0.3) is 0 Å². The zero-order chi connectivity index (χ0) is 12.0. The Bertz CT molecular complexity index is 431. The van der Waals surface area contributed by atoms with Gasteiger partial charge in [0.2, 0.25) is 10.0 Å². The summed E-state index contributed by atoms with van der Waals surface area (Å²) in [5.74, 6) is 0.344. The van der Waals surface area contributed by atoms with Crippen molar-refractivity contribution in [3.05, 3.63) is 23.9 Å². The molecule has 0 aliphatic carbocycles. The molecule has 0 unspecified atom stereocenters. The Hall–Kier alpha value is -1.14. The topological polar surface area (TPSA) is 79.3 Å². The molecule has 5 nitrogen and oxygen atoms in total. The van der Waals surface area contributed by atoms with E-state index in [4.69, 9.17) is 5.11 Å². The zero-order valence-electron chi connectivity index (χ0n) is 9.18. The van der Waals surface area contributed by atoms with Gasteiger partial charge >= 0.3 is 0 Å². The molecule has 0 aliphatic rings. The van der Waals surface area contributed by atoms with Crippen molar-refractivity contribution in [3.63, 3.8) is 0 Å². The molecule has 1 heterocycles. The van der Waals surface area contributed by atoms with Gasteiger partial charge < -0.3 is 5.11 Å². The molecule has 0 aliphatic heterocycles. The van der Waals surface area contributed by atoms with Crippen LogP contribution < -0.4 is 4.72 Å². The quantitative estimate of drug-likeness (QED) is 0.785. The summed E-state index contributed by atoms with van der Waals surface area (Å²) in [5.41, 5.74) is 0.440. The molecule has 0 radical (unpaired) electrons. The van der Waals surface area contributed by atoms with E-state index in [9.17, 15) is 8.42 Å². The number of pyridine rings is 1. The summed E-state index contributed by atoms with van der Waals surface area (Å²) in [4.78, 5) is 3.94. The molecule has 2 N–H and O–H groups in total. The van der Waals surface area contributed by atoms with Crippen molar-refractivity contribution in [1.29, 1.82) is 0 Å². The number of sulfonamides is 1. The van der Waals surface area contributed by atoms with Crippen molar-refractivity contribution in [2.75, 3.05) is 10.5 Å². The molecule has 16 heavy (non-hydrogen) atoms. The van der Waals surface area contributed by atoms with Crippen molar-refractivity contribution >= 4 is 15.8 Å². The first kappa shape index (κ1) is 12.9. The Labute approximate surface area is 95.6 Å². The first-order valence-electron chi connectivity index (χ1n) is 5.14. The van der Waals surface area contributed by atoms with Crippen LogP contribution in [-0.4, -0.2) is 24.3 Å². The molecular formula is C10H16N2O3S. The SMILES string of the molecule is CCCCS(=O)(=O)Nc1cccc(CO)n1. The highest BCUT2D eigenvalue weighted by molar-refractivity contribution is 7.92. The fourth-order valence-corrected chi connectivity index (χ4v) is 2.37. The van der Waals surface area contributed by atoms with Gasteiger partial charge in [0.05, 0.1) is 18.1 Å². The Morgan fingerprint density at radius 1 is 1.44 bits per heavy atom. The van der Waals surface area contributed by atoms with Crippen molar-refractivity contribution < 1.29 is 13.5 Å². The van der Waals surface area contributed by atoms with E-state index < -0.39 is 10.0 Å². The maximum absolute atomic E-state index is 11.5. The third kappa shape index (κ3) is 4.16.